The van der Waals surface area contributed by atoms with E-state index in [4.69, 9.17) is 0 Å². The molecule has 0 aromatic heterocycles. The summed E-state index contributed by atoms with van der Waals surface area (Å²) in [5.41, 5.74) is 1.91. The first kappa shape index (κ1) is 13.4. The summed E-state index contributed by atoms with van der Waals surface area (Å²) in [5, 5.41) is 1.03. The third-order valence-electron chi connectivity index (χ3n) is 2.59. The second kappa shape index (κ2) is 4.89. The van der Waals surface area contributed by atoms with E-state index in [1.807, 2.05) is 18.2 Å². The summed E-state index contributed by atoms with van der Waals surface area (Å²) in [6.45, 7) is 0.424. The zero-order chi connectivity index (χ0) is 13.3. The van der Waals surface area contributed by atoms with Gasteiger partial charge in [-0.25, -0.2) is 4.79 Å². The number of fused-ring (bicyclic) bond motifs is 1. The minimum absolute atomic E-state index is 0.163. The van der Waals surface area contributed by atoms with Crippen molar-refractivity contribution in [2.24, 2.45) is 0 Å². The van der Waals surface area contributed by atoms with Crippen LogP contribution >= 0.6 is 15.9 Å². The molecule has 1 heterocycles. The summed E-state index contributed by atoms with van der Waals surface area (Å²) in [6.07, 6.45) is -4.41. The number of alkyl halides is 3. The van der Waals surface area contributed by atoms with Gasteiger partial charge in [-0.3, -0.25) is 0 Å². The van der Waals surface area contributed by atoms with Gasteiger partial charge in [0, 0.05) is 11.0 Å². The van der Waals surface area contributed by atoms with Crippen LogP contribution in [-0.4, -0.2) is 23.8 Å². The maximum absolute atomic E-state index is 12.1. The Bertz CT molecular complexity index is 476. The van der Waals surface area contributed by atoms with Gasteiger partial charge in [-0.15, -0.1) is 5.06 Å². The molecule has 0 N–H and O–H groups in total. The molecule has 0 fully saturated rings. The number of hydrogen-bond donors (Lipinski definition) is 0. The molecular weight excluding hydrogens is 315 g/mol. The molecule has 0 aliphatic carbocycles. The number of carbonyl (C=O) groups excluding carboxylic acids is 1. The normalized spacial score (nSPS) is 16.2. The SMILES string of the molecule is O=C(ON1CCc2ccc(Br)cc2C1)C(F)(F)F. The van der Waals surface area contributed by atoms with Crippen molar-refractivity contribution < 1.29 is 22.8 Å². The van der Waals surface area contributed by atoms with Crippen molar-refractivity contribution in [1.82, 2.24) is 5.06 Å². The molecule has 0 atom stereocenters. The summed E-state index contributed by atoms with van der Waals surface area (Å²) >= 11 is 3.29. The number of carbonyl (C=O) groups is 1. The van der Waals surface area contributed by atoms with E-state index < -0.39 is 12.1 Å². The van der Waals surface area contributed by atoms with Crippen molar-refractivity contribution in [1.29, 1.82) is 0 Å². The highest BCUT2D eigenvalue weighted by atomic mass is 79.9. The van der Waals surface area contributed by atoms with Gasteiger partial charge in [0.1, 0.15) is 0 Å². The lowest BCUT2D eigenvalue weighted by Gasteiger charge is -2.27. The first-order chi connectivity index (χ1) is 8.36. The Labute approximate surface area is 110 Å². The monoisotopic (exact) mass is 323 g/mol. The van der Waals surface area contributed by atoms with Crippen LogP contribution in [0.2, 0.25) is 0 Å². The van der Waals surface area contributed by atoms with Crippen LogP contribution in [0.15, 0.2) is 22.7 Å². The van der Waals surface area contributed by atoms with Gasteiger partial charge in [0.25, 0.3) is 0 Å². The Morgan fingerprint density at radius 1 is 1.33 bits per heavy atom. The lowest BCUT2D eigenvalue weighted by molar-refractivity contribution is -0.241. The van der Waals surface area contributed by atoms with E-state index in [9.17, 15) is 18.0 Å². The molecule has 7 heteroatoms. The Kier molecular flexibility index (Phi) is 3.63. The summed E-state index contributed by atoms with van der Waals surface area (Å²) < 4.78 is 37.0. The Balaban J connectivity index is 2.06. The van der Waals surface area contributed by atoms with Crippen molar-refractivity contribution in [2.45, 2.75) is 19.1 Å². The molecule has 98 valence electrons. The van der Waals surface area contributed by atoms with Crippen LogP contribution in [0.3, 0.4) is 0 Å². The third kappa shape index (κ3) is 3.02. The lowest BCUT2D eigenvalue weighted by atomic mass is 10.0. The average Bonchev–Trinajstić information content (AvgIpc) is 2.27. The molecule has 0 spiro atoms. The molecule has 1 aromatic rings. The van der Waals surface area contributed by atoms with Gasteiger partial charge < -0.3 is 4.84 Å². The van der Waals surface area contributed by atoms with Crippen LogP contribution in [0.4, 0.5) is 13.2 Å². The number of halogens is 4. The molecular formula is C11H9BrF3NO2. The van der Waals surface area contributed by atoms with Crippen LogP contribution in [0.5, 0.6) is 0 Å². The molecule has 1 aliphatic heterocycles. The largest absolute Gasteiger partial charge is 0.492 e. The highest BCUT2D eigenvalue weighted by Crippen LogP contribution is 2.24. The second-order valence-corrected chi connectivity index (χ2v) is 4.82. The maximum atomic E-state index is 12.1. The molecule has 1 aromatic carbocycles. The molecule has 0 saturated heterocycles. The molecule has 0 saturated carbocycles. The number of hydrogen-bond acceptors (Lipinski definition) is 3. The van der Waals surface area contributed by atoms with E-state index >= 15 is 0 Å². The Hall–Kier alpha value is -1.08. The third-order valence-corrected chi connectivity index (χ3v) is 3.08. The summed E-state index contributed by atoms with van der Waals surface area (Å²) in [4.78, 5) is 15.0. The zero-order valence-corrected chi connectivity index (χ0v) is 10.7. The Morgan fingerprint density at radius 2 is 2.06 bits per heavy atom. The number of rotatable bonds is 1. The summed E-state index contributed by atoms with van der Waals surface area (Å²) in [7, 11) is 0. The number of nitrogens with zero attached hydrogens (tertiary/aromatic N) is 1. The standard InChI is InChI=1S/C11H9BrF3NO2/c12-9-2-1-7-3-4-16(6-8(7)5-9)18-10(17)11(13,14)15/h1-2,5H,3-4,6H2. The van der Waals surface area contributed by atoms with E-state index in [0.29, 0.717) is 6.42 Å². The van der Waals surface area contributed by atoms with Crippen LogP contribution in [0.1, 0.15) is 11.1 Å². The summed E-state index contributed by atoms with van der Waals surface area (Å²) in [6, 6.07) is 5.58. The topological polar surface area (TPSA) is 29.5 Å². The van der Waals surface area contributed by atoms with Crippen LogP contribution < -0.4 is 0 Å². The number of benzene rings is 1. The molecule has 2 rings (SSSR count). The fourth-order valence-corrected chi connectivity index (χ4v) is 2.16. The first-order valence-corrected chi connectivity index (χ1v) is 5.97. The van der Waals surface area contributed by atoms with Crippen LogP contribution in [-0.2, 0) is 22.6 Å². The highest BCUT2D eigenvalue weighted by molar-refractivity contribution is 9.10. The van der Waals surface area contributed by atoms with E-state index in [-0.39, 0.29) is 13.1 Å². The van der Waals surface area contributed by atoms with Crippen molar-refractivity contribution in [3.05, 3.63) is 33.8 Å². The van der Waals surface area contributed by atoms with Gasteiger partial charge in [0.15, 0.2) is 0 Å². The van der Waals surface area contributed by atoms with E-state index in [0.717, 1.165) is 20.7 Å². The minimum Gasteiger partial charge on any atom is -0.360 e. The molecule has 0 bridgehead atoms. The highest BCUT2D eigenvalue weighted by Gasteiger charge is 2.42. The zero-order valence-electron chi connectivity index (χ0n) is 9.13. The maximum Gasteiger partial charge on any atom is 0.492 e. The summed E-state index contributed by atoms with van der Waals surface area (Å²) in [5.74, 6) is -2.18. The molecule has 3 nitrogen and oxygen atoms in total. The van der Waals surface area contributed by atoms with Crippen molar-refractivity contribution >= 4 is 21.9 Å². The fraction of sp³-hybridized carbons (Fsp3) is 0.364. The van der Waals surface area contributed by atoms with Crippen molar-refractivity contribution in [3.8, 4) is 0 Å². The minimum atomic E-state index is -4.96. The predicted octanol–water partition coefficient (Wildman–Crippen LogP) is 2.83. The van der Waals surface area contributed by atoms with E-state index in [1.165, 1.54) is 0 Å². The van der Waals surface area contributed by atoms with Gasteiger partial charge in [-0.05, 0) is 29.7 Å². The Morgan fingerprint density at radius 3 is 2.72 bits per heavy atom. The second-order valence-electron chi connectivity index (χ2n) is 3.90. The predicted molar refractivity (Wildman–Crippen MR) is 60.4 cm³/mol. The smallest absolute Gasteiger partial charge is 0.360 e. The van der Waals surface area contributed by atoms with Gasteiger partial charge in [-0.2, -0.15) is 13.2 Å². The average molecular weight is 324 g/mol. The van der Waals surface area contributed by atoms with E-state index in [2.05, 4.69) is 20.8 Å². The van der Waals surface area contributed by atoms with Crippen molar-refractivity contribution in [3.63, 3.8) is 0 Å². The molecule has 0 amide bonds. The van der Waals surface area contributed by atoms with Gasteiger partial charge >= 0.3 is 12.1 Å². The van der Waals surface area contributed by atoms with Crippen LogP contribution in [0, 0.1) is 0 Å². The van der Waals surface area contributed by atoms with Crippen molar-refractivity contribution in [2.75, 3.05) is 6.54 Å². The lowest BCUT2D eigenvalue weighted by Crippen LogP contribution is -2.37. The quantitative estimate of drug-likeness (QED) is 0.796. The molecule has 0 radical (unpaired) electrons. The van der Waals surface area contributed by atoms with Gasteiger partial charge in [0.05, 0.1) is 6.54 Å². The van der Waals surface area contributed by atoms with E-state index in [1.54, 1.807) is 0 Å². The number of hydroxylamine groups is 2. The molecule has 0 unspecified atom stereocenters. The molecule has 1 aliphatic rings. The van der Waals surface area contributed by atoms with Gasteiger partial charge in [-0.1, -0.05) is 22.0 Å². The van der Waals surface area contributed by atoms with Gasteiger partial charge in [0.2, 0.25) is 0 Å². The van der Waals surface area contributed by atoms with Crippen LogP contribution in [0.25, 0.3) is 0 Å². The fourth-order valence-electron chi connectivity index (χ4n) is 1.75. The molecule has 18 heavy (non-hydrogen) atoms. The first-order valence-electron chi connectivity index (χ1n) is 5.17.